The van der Waals surface area contributed by atoms with Gasteiger partial charge in [0.25, 0.3) is 0 Å². The summed E-state index contributed by atoms with van der Waals surface area (Å²) < 4.78 is 0. The van der Waals surface area contributed by atoms with E-state index in [2.05, 4.69) is 29.0 Å². The SMILES string of the molecule is Cc1ccc(-c2nc(N)ncc2C)cc1. The van der Waals surface area contributed by atoms with Crippen molar-refractivity contribution >= 4 is 5.95 Å². The van der Waals surface area contributed by atoms with Gasteiger partial charge < -0.3 is 5.73 Å². The Morgan fingerprint density at radius 2 is 1.73 bits per heavy atom. The molecule has 1 aromatic heterocycles. The molecule has 0 saturated heterocycles. The van der Waals surface area contributed by atoms with Gasteiger partial charge in [0.2, 0.25) is 5.95 Å². The monoisotopic (exact) mass is 199 g/mol. The van der Waals surface area contributed by atoms with Crippen LogP contribution in [0.4, 0.5) is 5.95 Å². The van der Waals surface area contributed by atoms with Gasteiger partial charge in [0.05, 0.1) is 5.69 Å². The molecule has 3 nitrogen and oxygen atoms in total. The molecule has 0 aliphatic heterocycles. The van der Waals surface area contributed by atoms with E-state index in [1.807, 2.05) is 19.1 Å². The first-order chi connectivity index (χ1) is 7.16. The van der Waals surface area contributed by atoms with Crippen molar-refractivity contribution in [1.29, 1.82) is 0 Å². The summed E-state index contributed by atoms with van der Waals surface area (Å²) in [6, 6.07) is 8.22. The fourth-order valence-electron chi connectivity index (χ4n) is 1.46. The lowest BCUT2D eigenvalue weighted by Crippen LogP contribution is -1.98. The van der Waals surface area contributed by atoms with Crippen molar-refractivity contribution in [3.8, 4) is 11.3 Å². The van der Waals surface area contributed by atoms with Crippen LogP contribution in [-0.2, 0) is 0 Å². The topological polar surface area (TPSA) is 51.8 Å². The molecule has 0 fully saturated rings. The minimum atomic E-state index is 0.316. The Morgan fingerprint density at radius 3 is 2.40 bits per heavy atom. The third-order valence-corrected chi connectivity index (χ3v) is 2.32. The van der Waals surface area contributed by atoms with Crippen LogP contribution in [0.1, 0.15) is 11.1 Å². The maximum atomic E-state index is 5.57. The lowest BCUT2D eigenvalue weighted by atomic mass is 10.1. The van der Waals surface area contributed by atoms with E-state index in [1.165, 1.54) is 5.56 Å². The van der Waals surface area contributed by atoms with Gasteiger partial charge in [-0.2, -0.15) is 0 Å². The minimum absolute atomic E-state index is 0.316. The number of rotatable bonds is 1. The molecular weight excluding hydrogens is 186 g/mol. The van der Waals surface area contributed by atoms with Crippen molar-refractivity contribution in [3.63, 3.8) is 0 Å². The maximum Gasteiger partial charge on any atom is 0.220 e. The average molecular weight is 199 g/mol. The molecule has 3 heteroatoms. The standard InChI is InChI=1S/C12H13N3/c1-8-3-5-10(6-4-8)11-9(2)7-14-12(13)15-11/h3-7H,1-2H3,(H2,13,14,15). The normalized spacial score (nSPS) is 10.3. The number of nitrogen functional groups attached to an aromatic ring is 1. The predicted octanol–water partition coefficient (Wildman–Crippen LogP) is 2.34. The number of aryl methyl sites for hydroxylation is 2. The molecule has 15 heavy (non-hydrogen) atoms. The van der Waals surface area contributed by atoms with Crippen molar-refractivity contribution in [3.05, 3.63) is 41.6 Å². The molecule has 1 aromatic carbocycles. The third-order valence-electron chi connectivity index (χ3n) is 2.32. The van der Waals surface area contributed by atoms with Crippen LogP contribution in [0.3, 0.4) is 0 Å². The van der Waals surface area contributed by atoms with Gasteiger partial charge in [-0.25, -0.2) is 9.97 Å². The number of hydrogen-bond acceptors (Lipinski definition) is 3. The van der Waals surface area contributed by atoms with E-state index in [1.54, 1.807) is 6.20 Å². The van der Waals surface area contributed by atoms with Crippen LogP contribution < -0.4 is 5.73 Å². The van der Waals surface area contributed by atoms with Gasteiger partial charge >= 0.3 is 0 Å². The summed E-state index contributed by atoms with van der Waals surface area (Å²) in [4.78, 5) is 8.19. The summed E-state index contributed by atoms with van der Waals surface area (Å²) in [6.45, 7) is 4.04. The van der Waals surface area contributed by atoms with E-state index >= 15 is 0 Å². The Hall–Kier alpha value is -1.90. The second kappa shape index (κ2) is 3.69. The average Bonchev–Trinajstić information content (AvgIpc) is 2.23. The zero-order valence-electron chi connectivity index (χ0n) is 8.86. The minimum Gasteiger partial charge on any atom is -0.368 e. The van der Waals surface area contributed by atoms with Gasteiger partial charge in [0, 0.05) is 11.8 Å². The summed E-state index contributed by atoms with van der Waals surface area (Å²) >= 11 is 0. The Kier molecular flexibility index (Phi) is 2.37. The van der Waals surface area contributed by atoms with E-state index < -0.39 is 0 Å². The third kappa shape index (κ3) is 1.96. The lowest BCUT2D eigenvalue weighted by molar-refractivity contribution is 1.15. The smallest absolute Gasteiger partial charge is 0.220 e. The van der Waals surface area contributed by atoms with Gasteiger partial charge in [-0.15, -0.1) is 0 Å². The molecule has 0 unspecified atom stereocenters. The maximum absolute atomic E-state index is 5.57. The zero-order chi connectivity index (χ0) is 10.8. The van der Waals surface area contributed by atoms with Crippen LogP contribution in [0.5, 0.6) is 0 Å². The van der Waals surface area contributed by atoms with Crippen LogP contribution >= 0.6 is 0 Å². The second-order valence-corrected chi connectivity index (χ2v) is 3.63. The molecule has 0 aliphatic carbocycles. The molecule has 0 amide bonds. The number of nitrogens with two attached hydrogens (primary N) is 1. The van der Waals surface area contributed by atoms with Crippen LogP contribution in [-0.4, -0.2) is 9.97 Å². The summed E-state index contributed by atoms with van der Waals surface area (Å²) in [5, 5.41) is 0. The molecule has 0 bridgehead atoms. The van der Waals surface area contributed by atoms with Crippen LogP contribution in [0.15, 0.2) is 30.5 Å². The first kappa shape index (κ1) is 9.65. The van der Waals surface area contributed by atoms with Gasteiger partial charge in [-0.3, -0.25) is 0 Å². The summed E-state index contributed by atoms with van der Waals surface area (Å²) in [7, 11) is 0. The number of benzene rings is 1. The van der Waals surface area contributed by atoms with Gasteiger partial charge in [0.15, 0.2) is 0 Å². The summed E-state index contributed by atoms with van der Waals surface area (Å²) in [5.41, 5.74) is 9.82. The first-order valence-electron chi connectivity index (χ1n) is 4.83. The fraction of sp³-hybridized carbons (Fsp3) is 0.167. The number of nitrogens with zero attached hydrogens (tertiary/aromatic N) is 2. The van der Waals surface area contributed by atoms with Crippen LogP contribution in [0, 0.1) is 13.8 Å². The van der Waals surface area contributed by atoms with E-state index in [0.717, 1.165) is 16.8 Å². The molecule has 0 radical (unpaired) electrons. The van der Waals surface area contributed by atoms with Gasteiger partial charge in [-0.05, 0) is 19.4 Å². The van der Waals surface area contributed by atoms with Crippen molar-refractivity contribution in [2.45, 2.75) is 13.8 Å². The van der Waals surface area contributed by atoms with Crippen molar-refractivity contribution in [2.75, 3.05) is 5.73 Å². The highest BCUT2D eigenvalue weighted by Gasteiger charge is 2.04. The molecule has 0 saturated carbocycles. The lowest BCUT2D eigenvalue weighted by Gasteiger charge is -2.05. The van der Waals surface area contributed by atoms with Crippen molar-refractivity contribution < 1.29 is 0 Å². The van der Waals surface area contributed by atoms with Crippen molar-refractivity contribution in [1.82, 2.24) is 9.97 Å². The summed E-state index contributed by atoms with van der Waals surface area (Å²) in [5.74, 6) is 0.316. The number of aromatic nitrogens is 2. The molecular formula is C12H13N3. The summed E-state index contributed by atoms with van der Waals surface area (Å²) in [6.07, 6.45) is 1.75. The molecule has 0 aliphatic rings. The van der Waals surface area contributed by atoms with E-state index in [4.69, 9.17) is 5.73 Å². The van der Waals surface area contributed by atoms with E-state index in [9.17, 15) is 0 Å². The largest absolute Gasteiger partial charge is 0.368 e. The first-order valence-corrected chi connectivity index (χ1v) is 4.83. The molecule has 2 aromatic rings. The fourth-order valence-corrected chi connectivity index (χ4v) is 1.46. The molecule has 0 spiro atoms. The molecule has 2 N–H and O–H groups in total. The quantitative estimate of drug-likeness (QED) is 0.767. The zero-order valence-corrected chi connectivity index (χ0v) is 8.86. The molecule has 1 heterocycles. The Labute approximate surface area is 89.0 Å². The van der Waals surface area contributed by atoms with E-state index in [-0.39, 0.29) is 0 Å². The number of hydrogen-bond donors (Lipinski definition) is 1. The second-order valence-electron chi connectivity index (χ2n) is 3.63. The van der Waals surface area contributed by atoms with Crippen LogP contribution in [0.25, 0.3) is 11.3 Å². The van der Waals surface area contributed by atoms with Crippen LogP contribution in [0.2, 0.25) is 0 Å². The Balaban J connectivity index is 2.53. The van der Waals surface area contributed by atoms with E-state index in [0.29, 0.717) is 5.95 Å². The highest BCUT2D eigenvalue weighted by Crippen LogP contribution is 2.21. The van der Waals surface area contributed by atoms with Crippen molar-refractivity contribution in [2.24, 2.45) is 0 Å². The Bertz CT molecular complexity index is 475. The van der Waals surface area contributed by atoms with Gasteiger partial charge in [0.1, 0.15) is 0 Å². The Morgan fingerprint density at radius 1 is 1.07 bits per heavy atom. The predicted molar refractivity (Wildman–Crippen MR) is 61.4 cm³/mol. The molecule has 0 atom stereocenters. The molecule has 76 valence electrons. The highest BCUT2D eigenvalue weighted by atomic mass is 15.0. The molecule has 2 rings (SSSR count). The highest BCUT2D eigenvalue weighted by molar-refractivity contribution is 5.63. The van der Waals surface area contributed by atoms with Gasteiger partial charge in [-0.1, -0.05) is 29.8 Å². The number of anilines is 1.